The highest BCUT2D eigenvalue weighted by Gasteiger charge is 2.55. The molecule has 3 rings (SSSR count). The van der Waals surface area contributed by atoms with E-state index in [0.717, 1.165) is 31.3 Å². The minimum Gasteiger partial charge on any atom is -0.458 e. The van der Waals surface area contributed by atoms with E-state index in [9.17, 15) is 9.59 Å². The fraction of sp³-hybridized carbons (Fsp3) is 0.714. The Hall–Kier alpha value is -1.42. The number of hydrogen-bond donors (Lipinski definition) is 0. The smallest absolute Gasteiger partial charge is 0.334 e. The van der Waals surface area contributed by atoms with Crippen molar-refractivity contribution in [3.63, 3.8) is 0 Å². The van der Waals surface area contributed by atoms with Gasteiger partial charge in [-0.2, -0.15) is 0 Å². The summed E-state index contributed by atoms with van der Waals surface area (Å²) in [6, 6.07) is 0. The number of carbonyl (C=O) groups excluding carboxylic acids is 2. The second kappa shape index (κ2) is 6.71. The number of fused-ring (bicyclic) bond motifs is 1. The van der Waals surface area contributed by atoms with Crippen LogP contribution in [0.3, 0.4) is 0 Å². The summed E-state index contributed by atoms with van der Waals surface area (Å²) in [7, 11) is 1.75. The first kappa shape index (κ1) is 18.4. The maximum atomic E-state index is 12.3. The van der Waals surface area contributed by atoms with Gasteiger partial charge in [-0.25, -0.2) is 4.79 Å². The molecule has 4 atom stereocenters. The fourth-order valence-corrected chi connectivity index (χ4v) is 5.44. The van der Waals surface area contributed by atoms with Gasteiger partial charge in [0.15, 0.2) is 5.78 Å². The van der Waals surface area contributed by atoms with Crippen molar-refractivity contribution in [2.45, 2.75) is 52.9 Å². The third-order valence-corrected chi connectivity index (χ3v) is 7.30. The van der Waals surface area contributed by atoms with Crippen LogP contribution in [0.5, 0.6) is 0 Å². The number of hydrogen-bond acceptors (Lipinski definition) is 4. The molecule has 0 spiro atoms. The Morgan fingerprint density at radius 3 is 2.72 bits per heavy atom. The van der Waals surface area contributed by atoms with Gasteiger partial charge in [-0.1, -0.05) is 19.4 Å². The Kier molecular flexibility index (Phi) is 4.93. The van der Waals surface area contributed by atoms with Gasteiger partial charge in [-0.05, 0) is 67.4 Å². The summed E-state index contributed by atoms with van der Waals surface area (Å²) in [5.74, 6) is 0.766. The van der Waals surface area contributed by atoms with Gasteiger partial charge in [0.2, 0.25) is 0 Å². The van der Waals surface area contributed by atoms with Crippen LogP contribution in [-0.2, 0) is 19.1 Å². The molecule has 0 radical (unpaired) electrons. The predicted molar refractivity (Wildman–Crippen MR) is 96.0 cm³/mol. The van der Waals surface area contributed by atoms with Crippen molar-refractivity contribution in [2.75, 3.05) is 20.3 Å². The van der Waals surface area contributed by atoms with Crippen LogP contribution in [0.4, 0.5) is 0 Å². The molecule has 1 heterocycles. The Labute approximate surface area is 150 Å². The molecule has 0 bridgehead atoms. The van der Waals surface area contributed by atoms with Crippen LogP contribution < -0.4 is 0 Å². The van der Waals surface area contributed by atoms with Crippen molar-refractivity contribution in [3.8, 4) is 0 Å². The van der Waals surface area contributed by atoms with Crippen LogP contribution in [0.25, 0.3) is 0 Å². The van der Waals surface area contributed by atoms with E-state index in [2.05, 4.69) is 20.8 Å². The minimum atomic E-state index is -0.179. The number of allylic oxidation sites excluding steroid dienone is 2. The average molecular weight is 346 g/mol. The highest BCUT2D eigenvalue weighted by Crippen LogP contribution is 2.61. The molecule has 25 heavy (non-hydrogen) atoms. The first-order valence-electron chi connectivity index (χ1n) is 9.38. The molecule has 138 valence electrons. The zero-order valence-electron chi connectivity index (χ0n) is 15.9. The number of methoxy groups -OCH3 is 1. The first-order chi connectivity index (χ1) is 11.8. The van der Waals surface area contributed by atoms with E-state index in [1.165, 1.54) is 5.57 Å². The van der Waals surface area contributed by atoms with Gasteiger partial charge in [0, 0.05) is 25.7 Å². The molecule has 2 aliphatic carbocycles. The van der Waals surface area contributed by atoms with E-state index in [4.69, 9.17) is 9.47 Å². The molecule has 1 fully saturated rings. The molecule has 4 heteroatoms. The normalized spacial score (nSPS) is 38.1. The van der Waals surface area contributed by atoms with E-state index in [1.54, 1.807) is 7.11 Å². The van der Waals surface area contributed by atoms with Crippen molar-refractivity contribution >= 4 is 11.8 Å². The summed E-state index contributed by atoms with van der Waals surface area (Å²) >= 11 is 0. The molecular weight excluding hydrogens is 316 g/mol. The van der Waals surface area contributed by atoms with Gasteiger partial charge >= 0.3 is 5.97 Å². The molecule has 0 unspecified atom stereocenters. The van der Waals surface area contributed by atoms with Crippen LogP contribution in [0.15, 0.2) is 23.3 Å². The van der Waals surface area contributed by atoms with E-state index >= 15 is 0 Å². The fourth-order valence-electron chi connectivity index (χ4n) is 5.44. The number of esters is 1. The van der Waals surface area contributed by atoms with Crippen molar-refractivity contribution in [1.29, 1.82) is 0 Å². The highest BCUT2D eigenvalue weighted by atomic mass is 16.5. The molecule has 0 aromatic heterocycles. The summed E-state index contributed by atoms with van der Waals surface area (Å²) in [4.78, 5) is 24.2. The highest BCUT2D eigenvalue weighted by molar-refractivity contribution is 5.92. The largest absolute Gasteiger partial charge is 0.458 e. The van der Waals surface area contributed by atoms with Gasteiger partial charge in [-0.3, -0.25) is 4.79 Å². The van der Waals surface area contributed by atoms with Crippen molar-refractivity contribution in [1.82, 2.24) is 0 Å². The van der Waals surface area contributed by atoms with Crippen LogP contribution in [0.2, 0.25) is 0 Å². The van der Waals surface area contributed by atoms with E-state index in [1.807, 2.05) is 12.2 Å². The maximum absolute atomic E-state index is 12.3. The van der Waals surface area contributed by atoms with Crippen LogP contribution in [0.1, 0.15) is 52.9 Å². The molecule has 0 N–H and O–H groups in total. The Morgan fingerprint density at radius 1 is 1.32 bits per heavy atom. The summed E-state index contributed by atoms with van der Waals surface area (Å²) in [5.41, 5.74) is 2.05. The molecule has 0 saturated heterocycles. The van der Waals surface area contributed by atoms with E-state index < -0.39 is 0 Å². The number of ether oxygens (including phenoxy) is 2. The average Bonchev–Trinajstić information content (AvgIpc) is 2.97. The Morgan fingerprint density at radius 2 is 2.08 bits per heavy atom. The van der Waals surface area contributed by atoms with Crippen molar-refractivity contribution in [2.24, 2.45) is 22.7 Å². The van der Waals surface area contributed by atoms with Crippen LogP contribution in [-0.4, -0.2) is 32.1 Å². The number of carbonyl (C=O) groups is 2. The molecule has 0 aromatic rings. The second-order valence-corrected chi connectivity index (χ2v) is 8.49. The summed E-state index contributed by atoms with van der Waals surface area (Å²) in [6.07, 6.45) is 8.17. The number of cyclic esters (lactones) is 1. The van der Waals surface area contributed by atoms with E-state index in [0.29, 0.717) is 31.5 Å². The van der Waals surface area contributed by atoms with E-state index in [-0.39, 0.29) is 22.6 Å². The van der Waals surface area contributed by atoms with Gasteiger partial charge in [0.1, 0.15) is 6.61 Å². The number of rotatable bonds is 5. The third-order valence-electron chi connectivity index (χ3n) is 7.30. The molecular formula is C21H30O4. The number of ketones is 1. The molecule has 1 saturated carbocycles. The molecule has 0 aromatic carbocycles. The zero-order valence-corrected chi connectivity index (χ0v) is 15.9. The van der Waals surface area contributed by atoms with Crippen molar-refractivity contribution in [3.05, 3.63) is 23.3 Å². The SMILES string of the molecule is COC[C@@H]1CC[C@]2(C)C(C)=CC(=O)C[C@H]2[C@]1(C)CCC1=CCOC1=O. The molecule has 1 aliphatic heterocycles. The molecule has 0 amide bonds. The van der Waals surface area contributed by atoms with Gasteiger partial charge in [0.25, 0.3) is 0 Å². The first-order valence-corrected chi connectivity index (χ1v) is 9.38. The second-order valence-electron chi connectivity index (χ2n) is 8.49. The molecule has 4 nitrogen and oxygen atoms in total. The molecule has 3 aliphatic rings. The van der Waals surface area contributed by atoms with Crippen LogP contribution in [0, 0.1) is 22.7 Å². The summed E-state index contributed by atoms with van der Waals surface area (Å²) in [6.45, 7) is 7.85. The lowest BCUT2D eigenvalue weighted by Crippen LogP contribution is -2.52. The minimum absolute atomic E-state index is 0.0299. The summed E-state index contributed by atoms with van der Waals surface area (Å²) in [5, 5.41) is 0. The Balaban J connectivity index is 1.90. The summed E-state index contributed by atoms with van der Waals surface area (Å²) < 4.78 is 10.6. The van der Waals surface area contributed by atoms with Crippen LogP contribution >= 0.6 is 0 Å². The van der Waals surface area contributed by atoms with Gasteiger partial charge < -0.3 is 9.47 Å². The lowest BCUT2D eigenvalue weighted by Gasteiger charge is -2.58. The standard InChI is InChI=1S/C21H30O4/c1-14-11-17(22)12-18-20(14,2)9-6-16(13-24-4)21(18,3)8-5-15-7-10-25-19(15)23/h7,11,16,18H,5-6,8-10,12-13H2,1-4H3/t16-,18+,20+,21+/m0/s1. The lowest BCUT2D eigenvalue weighted by molar-refractivity contribution is -0.136. The maximum Gasteiger partial charge on any atom is 0.334 e. The quantitative estimate of drug-likeness (QED) is 0.710. The lowest BCUT2D eigenvalue weighted by atomic mass is 9.46. The predicted octanol–water partition coefficient (Wildman–Crippen LogP) is 3.85. The zero-order chi connectivity index (χ0) is 18.2. The monoisotopic (exact) mass is 346 g/mol. The van der Waals surface area contributed by atoms with Gasteiger partial charge in [-0.15, -0.1) is 0 Å². The van der Waals surface area contributed by atoms with Crippen molar-refractivity contribution < 1.29 is 19.1 Å². The third kappa shape index (κ3) is 3.10. The van der Waals surface area contributed by atoms with Gasteiger partial charge in [0.05, 0.1) is 0 Å². The topological polar surface area (TPSA) is 52.6 Å². The Bertz CT molecular complexity index is 632.